The molecule has 3 rings (SSSR count). The zero-order chi connectivity index (χ0) is 14.3. The molecule has 0 radical (unpaired) electrons. The van der Waals surface area contributed by atoms with Gasteiger partial charge in [0.2, 0.25) is 0 Å². The molecule has 1 heterocycles. The molecule has 1 saturated carbocycles. The molecule has 1 amide bonds. The lowest BCUT2D eigenvalue weighted by Gasteiger charge is -2.25. The van der Waals surface area contributed by atoms with Gasteiger partial charge < -0.3 is 20.1 Å². The molecule has 0 saturated heterocycles. The van der Waals surface area contributed by atoms with Gasteiger partial charge >= 0.3 is 0 Å². The van der Waals surface area contributed by atoms with Gasteiger partial charge in [-0.2, -0.15) is 0 Å². The molecule has 0 spiro atoms. The minimum Gasteiger partial charge on any atom is -0.383 e. The first kappa shape index (κ1) is 13.3. The van der Waals surface area contributed by atoms with Crippen LogP contribution in [0.4, 0.5) is 15.8 Å². The molecule has 1 fully saturated rings. The van der Waals surface area contributed by atoms with Gasteiger partial charge in [-0.1, -0.05) is 0 Å². The third-order valence-electron chi connectivity index (χ3n) is 3.75. The van der Waals surface area contributed by atoms with E-state index in [4.69, 9.17) is 4.74 Å². The largest absolute Gasteiger partial charge is 0.383 e. The van der Waals surface area contributed by atoms with Gasteiger partial charge in [0.15, 0.2) is 6.10 Å². The molecule has 1 aliphatic heterocycles. The van der Waals surface area contributed by atoms with E-state index in [0.29, 0.717) is 36.1 Å². The minimum atomic E-state index is -1.28. The Balaban J connectivity index is 1.93. The Morgan fingerprint density at radius 3 is 2.90 bits per heavy atom. The fourth-order valence-electron chi connectivity index (χ4n) is 2.55. The molecule has 1 aromatic carbocycles. The fraction of sp³-hybridized carbons (Fsp3) is 0.500. The number of anilines is 2. The Hall–Kier alpha value is -1.66. The number of rotatable bonds is 5. The van der Waals surface area contributed by atoms with Gasteiger partial charge in [-0.05, 0) is 25.0 Å². The third-order valence-corrected chi connectivity index (χ3v) is 3.75. The first-order valence-corrected chi connectivity index (χ1v) is 6.69. The van der Waals surface area contributed by atoms with Gasteiger partial charge in [0, 0.05) is 30.9 Å². The number of fused-ring (bicyclic) bond motifs is 1. The van der Waals surface area contributed by atoms with Crippen molar-refractivity contribution in [2.75, 3.05) is 30.5 Å². The number of benzene rings is 1. The number of hydrogen-bond acceptors (Lipinski definition) is 4. The standard InChI is InChI=1S/C14H17FN2O3/c1-20-5-4-17(8-2-3-8)12-7-11-9(6-10(12)15)13(18)14(19)16-11/h6-8,13,18H,2-5H2,1H3,(H,16,19). The van der Waals surface area contributed by atoms with Crippen LogP contribution in [0, 0.1) is 5.82 Å². The molecule has 1 unspecified atom stereocenters. The van der Waals surface area contributed by atoms with Gasteiger partial charge in [-0.25, -0.2) is 4.39 Å². The zero-order valence-corrected chi connectivity index (χ0v) is 11.2. The molecule has 1 aliphatic carbocycles. The van der Waals surface area contributed by atoms with E-state index in [-0.39, 0.29) is 0 Å². The van der Waals surface area contributed by atoms with E-state index in [9.17, 15) is 14.3 Å². The molecule has 2 aliphatic rings. The van der Waals surface area contributed by atoms with Crippen molar-refractivity contribution >= 4 is 17.3 Å². The number of carbonyl (C=O) groups excluding carboxylic acids is 1. The summed E-state index contributed by atoms with van der Waals surface area (Å²) >= 11 is 0. The number of nitrogens with zero attached hydrogens (tertiary/aromatic N) is 1. The zero-order valence-electron chi connectivity index (χ0n) is 11.2. The highest BCUT2D eigenvalue weighted by Crippen LogP contribution is 2.39. The van der Waals surface area contributed by atoms with Crippen molar-refractivity contribution < 1.29 is 19.0 Å². The predicted molar refractivity (Wildman–Crippen MR) is 72.2 cm³/mol. The lowest BCUT2D eigenvalue weighted by atomic mass is 10.1. The predicted octanol–water partition coefficient (Wildman–Crippen LogP) is 1.43. The van der Waals surface area contributed by atoms with Crippen molar-refractivity contribution in [1.29, 1.82) is 0 Å². The quantitative estimate of drug-likeness (QED) is 0.856. The van der Waals surface area contributed by atoms with Crippen LogP contribution in [-0.4, -0.2) is 37.3 Å². The molecule has 0 aromatic heterocycles. The Bertz CT molecular complexity index is 545. The van der Waals surface area contributed by atoms with Gasteiger partial charge in [0.25, 0.3) is 5.91 Å². The molecular weight excluding hydrogens is 263 g/mol. The van der Waals surface area contributed by atoms with E-state index >= 15 is 0 Å². The van der Waals surface area contributed by atoms with Crippen molar-refractivity contribution in [1.82, 2.24) is 0 Å². The van der Waals surface area contributed by atoms with Gasteiger partial charge in [-0.3, -0.25) is 4.79 Å². The lowest BCUT2D eigenvalue weighted by molar-refractivity contribution is -0.123. The summed E-state index contributed by atoms with van der Waals surface area (Å²) in [6.07, 6.45) is 0.798. The summed E-state index contributed by atoms with van der Waals surface area (Å²) in [5.74, 6) is -0.922. The number of methoxy groups -OCH3 is 1. The lowest BCUT2D eigenvalue weighted by Crippen LogP contribution is -2.30. The van der Waals surface area contributed by atoms with Crippen LogP contribution >= 0.6 is 0 Å². The average Bonchev–Trinajstić information content (AvgIpc) is 3.21. The van der Waals surface area contributed by atoms with E-state index in [1.54, 1.807) is 13.2 Å². The van der Waals surface area contributed by atoms with Crippen LogP contribution in [0.25, 0.3) is 0 Å². The highest BCUT2D eigenvalue weighted by Gasteiger charge is 2.34. The van der Waals surface area contributed by atoms with Crippen LogP contribution in [0.5, 0.6) is 0 Å². The van der Waals surface area contributed by atoms with E-state index in [0.717, 1.165) is 12.8 Å². The maximum atomic E-state index is 14.3. The summed E-state index contributed by atoms with van der Waals surface area (Å²) in [4.78, 5) is 13.4. The molecule has 0 bridgehead atoms. The molecule has 108 valence electrons. The molecule has 20 heavy (non-hydrogen) atoms. The van der Waals surface area contributed by atoms with E-state index in [1.165, 1.54) is 6.07 Å². The molecule has 5 nitrogen and oxygen atoms in total. The number of carbonyl (C=O) groups is 1. The van der Waals surface area contributed by atoms with Crippen LogP contribution < -0.4 is 10.2 Å². The SMILES string of the molecule is COCCN(c1cc2c(cc1F)C(O)C(=O)N2)C1CC1. The normalized spacial score (nSPS) is 20.8. The molecule has 2 N–H and O–H groups in total. The Morgan fingerprint density at radius 1 is 1.50 bits per heavy atom. The summed E-state index contributed by atoms with van der Waals surface area (Å²) in [6.45, 7) is 1.12. The van der Waals surface area contributed by atoms with Crippen LogP contribution in [0.15, 0.2) is 12.1 Å². The monoisotopic (exact) mass is 280 g/mol. The molecular formula is C14H17FN2O3. The maximum absolute atomic E-state index is 14.3. The number of amides is 1. The summed E-state index contributed by atoms with van der Waals surface area (Å²) < 4.78 is 19.3. The van der Waals surface area contributed by atoms with Crippen molar-refractivity contribution in [3.63, 3.8) is 0 Å². The second-order valence-corrected chi connectivity index (χ2v) is 5.20. The second-order valence-electron chi connectivity index (χ2n) is 5.20. The Kier molecular flexibility index (Phi) is 3.35. The number of ether oxygens (including phenoxy) is 1. The Morgan fingerprint density at radius 2 is 2.25 bits per heavy atom. The van der Waals surface area contributed by atoms with Gasteiger partial charge in [-0.15, -0.1) is 0 Å². The van der Waals surface area contributed by atoms with Crippen molar-refractivity contribution in [3.05, 3.63) is 23.5 Å². The van der Waals surface area contributed by atoms with Gasteiger partial charge in [0.1, 0.15) is 5.82 Å². The number of halogens is 1. The van der Waals surface area contributed by atoms with E-state index in [1.807, 2.05) is 4.90 Å². The fourth-order valence-corrected chi connectivity index (χ4v) is 2.55. The van der Waals surface area contributed by atoms with Crippen LogP contribution in [-0.2, 0) is 9.53 Å². The summed E-state index contributed by atoms with van der Waals surface area (Å²) in [5, 5.41) is 12.2. The number of hydrogen-bond donors (Lipinski definition) is 2. The molecule has 1 atom stereocenters. The molecule has 6 heteroatoms. The highest BCUT2D eigenvalue weighted by molar-refractivity contribution is 6.02. The third kappa shape index (κ3) is 2.25. The number of aliphatic hydroxyl groups excluding tert-OH is 1. The van der Waals surface area contributed by atoms with E-state index < -0.39 is 17.8 Å². The van der Waals surface area contributed by atoms with Crippen LogP contribution in [0.2, 0.25) is 0 Å². The number of aliphatic hydroxyl groups is 1. The highest BCUT2D eigenvalue weighted by atomic mass is 19.1. The average molecular weight is 280 g/mol. The Labute approximate surface area is 116 Å². The summed E-state index contributed by atoms with van der Waals surface area (Å²) in [5.41, 5.74) is 1.25. The maximum Gasteiger partial charge on any atom is 0.257 e. The topological polar surface area (TPSA) is 61.8 Å². The van der Waals surface area contributed by atoms with Crippen LogP contribution in [0.1, 0.15) is 24.5 Å². The second kappa shape index (κ2) is 5.03. The van der Waals surface area contributed by atoms with Crippen molar-refractivity contribution in [3.8, 4) is 0 Å². The minimum absolute atomic E-state index is 0.304. The molecule has 1 aromatic rings. The number of nitrogens with one attached hydrogen (secondary N) is 1. The first-order chi connectivity index (χ1) is 9.61. The first-order valence-electron chi connectivity index (χ1n) is 6.69. The summed E-state index contributed by atoms with van der Waals surface area (Å²) in [7, 11) is 1.61. The smallest absolute Gasteiger partial charge is 0.257 e. The van der Waals surface area contributed by atoms with E-state index in [2.05, 4.69) is 5.32 Å². The van der Waals surface area contributed by atoms with Gasteiger partial charge in [0.05, 0.1) is 12.3 Å². The van der Waals surface area contributed by atoms with Crippen molar-refractivity contribution in [2.45, 2.75) is 25.0 Å². The van der Waals surface area contributed by atoms with Crippen LogP contribution in [0.3, 0.4) is 0 Å². The summed E-state index contributed by atoms with van der Waals surface area (Å²) in [6, 6.07) is 3.18. The van der Waals surface area contributed by atoms with Crippen molar-refractivity contribution in [2.24, 2.45) is 0 Å².